The van der Waals surface area contributed by atoms with Crippen LogP contribution in [0.15, 0.2) is 59.7 Å². The van der Waals surface area contributed by atoms with E-state index in [1.54, 1.807) is 24.3 Å². The number of nitro groups is 1. The largest absolute Gasteiger partial charge is 0.454 e. The highest BCUT2D eigenvalue weighted by Crippen LogP contribution is 2.35. The summed E-state index contributed by atoms with van der Waals surface area (Å²) in [5.41, 5.74) is 0.474. The van der Waals surface area contributed by atoms with Gasteiger partial charge in [0, 0.05) is 17.7 Å². The first-order chi connectivity index (χ1) is 14.0. The maximum atomic E-state index is 12.4. The number of hydrogen-bond acceptors (Lipinski definition) is 7. The van der Waals surface area contributed by atoms with Gasteiger partial charge in [-0.3, -0.25) is 24.3 Å². The molecule has 1 aromatic heterocycles. The molecular formula is C19H14N4O6. The van der Waals surface area contributed by atoms with Crippen LogP contribution in [-0.4, -0.2) is 27.2 Å². The Hall–Kier alpha value is -4.21. The Morgan fingerprint density at radius 1 is 1.17 bits per heavy atom. The fourth-order valence-electron chi connectivity index (χ4n) is 2.84. The van der Waals surface area contributed by atoms with Crippen molar-refractivity contribution in [2.45, 2.75) is 6.54 Å². The number of rotatable bonds is 5. The third-order valence-corrected chi connectivity index (χ3v) is 4.24. The van der Waals surface area contributed by atoms with E-state index in [0.29, 0.717) is 22.8 Å². The van der Waals surface area contributed by atoms with Crippen LogP contribution in [0.1, 0.15) is 0 Å². The molecule has 4 rings (SSSR count). The molecule has 0 spiro atoms. The SMILES string of the molecule is O=C(Cn1cnc(-c2ccc3c(c2)OCO3)cc1=O)Nc1ccccc1[N+](=O)[O-]. The quantitative estimate of drug-likeness (QED) is 0.519. The smallest absolute Gasteiger partial charge is 0.292 e. The molecule has 0 atom stereocenters. The first kappa shape index (κ1) is 18.2. The number of aromatic nitrogens is 2. The highest BCUT2D eigenvalue weighted by Gasteiger charge is 2.17. The van der Waals surface area contributed by atoms with Crippen molar-refractivity contribution in [1.29, 1.82) is 0 Å². The minimum Gasteiger partial charge on any atom is -0.454 e. The molecule has 3 aromatic rings. The predicted octanol–water partition coefficient (Wildman–Crippen LogP) is 2.19. The van der Waals surface area contributed by atoms with Crippen LogP contribution in [0.25, 0.3) is 11.3 Å². The normalized spacial score (nSPS) is 11.9. The van der Waals surface area contributed by atoms with Crippen LogP contribution in [0.4, 0.5) is 11.4 Å². The number of nitrogens with zero attached hydrogens (tertiary/aromatic N) is 3. The molecule has 0 bridgehead atoms. The summed E-state index contributed by atoms with van der Waals surface area (Å²) in [5.74, 6) is 0.602. The van der Waals surface area contributed by atoms with Crippen LogP contribution in [0.5, 0.6) is 11.5 Å². The highest BCUT2D eigenvalue weighted by atomic mass is 16.7. The summed E-state index contributed by atoms with van der Waals surface area (Å²) in [6.07, 6.45) is 1.25. The Labute approximate surface area is 163 Å². The van der Waals surface area contributed by atoms with Crippen molar-refractivity contribution in [3.63, 3.8) is 0 Å². The zero-order valence-corrected chi connectivity index (χ0v) is 14.9. The van der Waals surface area contributed by atoms with E-state index in [4.69, 9.17) is 9.47 Å². The highest BCUT2D eigenvalue weighted by molar-refractivity contribution is 5.92. The molecule has 0 saturated carbocycles. The summed E-state index contributed by atoms with van der Waals surface area (Å²) >= 11 is 0. The van der Waals surface area contributed by atoms with Crippen LogP contribution in [0.3, 0.4) is 0 Å². The summed E-state index contributed by atoms with van der Waals surface area (Å²) in [6, 6.07) is 12.3. The predicted molar refractivity (Wildman–Crippen MR) is 102 cm³/mol. The first-order valence-corrected chi connectivity index (χ1v) is 8.51. The lowest BCUT2D eigenvalue weighted by molar-refractivity contribution is -0.383. The van der Waals surface area contributed by atoms with Crippen LogP contribution in [0.2, 0.25) is 0 Å². The first-order valence-electron chi connectivity index (χ1n) is 8.51. The minimum atomic E-state index is -0.594. The number of fused-ring (bicyclic) bond motifs is 1. The molecule has 1 amide bonds. The monoisotopic (exact) mass is 394 g/mol. The number of nitro benzene ring substituents is 1. The van der Waals surface area contributed by atoms with Gasteiger partial charge in [0.15, 0.2) is 11.5 Å². The zero-order valence-electron chi connectivity index (χ0n) is 14.9. The van der Waals surface area contributed by atoms with Crippen molar-refractivity contribution >= 4 is 17.3 Å². The molecule has 0 unspecified atom stereocenters. The van der Waals surface area contributed by atoms with Crippen molar-refractivity contribution in [3.05, 3.63) is 75.3 Å². The fraction of sp³-hybridized carbons (Fsp3) is 0.105. The average molecular weight is 394 g/mol. The van der Waals surface area contributed by atoms with E-state index < -0.39 is 16.4 Å². The van der Waals surface area contributed by atoms with E-state index in [1.807, 2.05) is 0 Å². The van der Waals surface area contributed by atoms with Gasteiger partial charge in [-0.15, -0.1) is 0 Å². The van der Waals surface area contributed by atoms with Crippen LogP contribution in [0, 0.1) is 10.1 Å². The maximum absolute atomic E-state index is 12.4. The lowest BCUT2D eigenvalue weighted by atomic mass is 10.1. The second kappa shape index (κ2) is 7.43. The van der Waals surface area contributed by atoms with Gasteiger partial charge in [-0.25, -0.2) is 4.98 Å². The molecule has 10 nitrogen and oxygen atoms in total. The third-order valence-electron chi connectivity index (χ3n) is 4.24. The number of carbonyl (C=O) groups excluding carboxylic acids is 1. The molecule has 2 aromatic carbocycles. The van der Waals surface area contributed by atoms with Crippen molar-refractivity contribution < 1.29 is 19.2 Å². The molecule has 146 valence electrons. The van der Waals surface area contributed by atoms with Gasteiger partial charge in [-0.2, -0.15) is 0 Å². The van der Waals surface area contributed by atoms with Gasteiger partial charge in [-0.1, -0.05) is 12.1 Å². The molecule has 29 heavy (non-hydrogen) atoms. The zero-order chi connectivity index (χ0) is 20.4. The van der Waals surface area contributed by atoms with E-state index >= 15 is 0 Å². The molecule has 2 heterocycles. The van der Waals surface area contributed by atoms with Crippen LogP contribution < -0.4 is 20.3 Å². The topological polar surface area (TPSA) is 126 Å². The van der Waals surface area contributed by atoms with E-state index in [1.165, 1.54) is 30.6 Å². The van der Waals surface area contributed by atoms with Gasteiger partial charge in [-0.05, 0) is 24.3 Å². The van der Waals surface area contributed by atoms with Gasteiger partial charge in [0.05, 0.1) is 16.9 Å². The number of benzene rings is 2. The fourth-order valence-corrected chi connectivity index (χ4v) is 2.84. The van der Waals surface area contributed by atoms with Gasteiger partial charge >= 0.3 is 0 Å². The van der Waals surface area contributed by atoms with E-state index in [9.17, 15) is 19.7 Å². The van der Waals surface area contributed by atoms with Crippen molar-refractivity contribution in [1.82, 2.24) is 9.55 Å². The Morgan fingerprint density at radius 3 is 2.76 bits per heavy atom. The number of amides is 1. The Balaban J connectivity index is 1.51. The third kappa shape index (κ3) is 3.76. The van der Waals surface area contributed by atoms with Gasteiger partial charge in [0.25, 0.3) is 11.2 Å². The number of hydrogen-bond donors (Lipinski definition) is 1. The van der Waals surface area contributed by atoms with Crippen LogP contribution >= 0.6 is 0 Å². The number of carbonyl (C=O) groups is 1. The Morgan fingerprint density at radius 2 is 1.97 bits per heavy atom. The average Bonchev–Trinajstić information content (AvgIpc) is 3.17. The molecule has 0 saturated heterocycles. The molecule has 0 radical (unpaired) electrons. The summed E-state index contributed by atoms with van der Waals surface area (Å²) in [6.45, 7) is -0.193. The number of nitrogens with one attached hydrogen (secondary N) is 1. The maximum Gasteiger partial charge on any atom is 0.292 e. The summed E-state index contributed by atoms with van der Waals surface area (Å²) < 4.78 is 11.7. The molecule has 10 heteroatoms. The number of anilines is 1. The second-order valence-electron chi connectivity index (χ2n) is 6.13. The number of para-hydroxylation sites is 2. The molecule has 1 aliphatic rings. The summed E-state index contributed by atoms with van der Waals surface area (Å²) in [5, 5.41) is 13.5. The van der Waals surface area contributed by atoms with Crippen molar-refractivity contribution in [2.75, 3.05) is 12.1 Å². The van der Waals surface area contributed by atoms with Crippen LogP contribution in [-0.2, 0) is 11.3 Å². The second-order valence-corrected chi connectivity index (χ2v) is 6.13. The van der Waals surface area contributed by atoms with E-state index in [0.717, 1.165) is 4.57 Å². The Kier molecular flexibility index (Phi) is 4.65. The molecule has 1 aliphatic heterocycles. The molecule has 0 aliphatic carbocycles. The lowest BCUT2D eigenvalue weighted by Crippen LogP contribution is -2.27. The molecule has 1 N–H and O–H groups in total. The van der Waals surface area contributed by atoms with Gasteiger partial charge in [0.1, 0.15) is 12.2 Å². The van der Waals surface area contributed by atoms with Gasteiger partial charge < -0.3 is 14.8 Å². The lowest BCUT2D eigenvalue weighted by Gasteiger charge is -2.08. The Bertz CT molecular complexity index is 1170. The molecular weight excluding hydrogens is 380 g/mol. The standard InChI is InChI=1S/C19H14N4O6/c24-18(21-13-3-1-2-4-15(13)23(26)27)9-22-10-20-14(8-19(22)25)12-5-6-16-17(7-12)29-11-28-16/h1-8,10H,9,11H2,(H,21,24). The minimum absolute atomic E-state index is 0.0560. The summed E-state index contributed by atoms with van der Waals surface area (Å²) in [7, 11) is 0. The van der Waals surface area contributed by atoms with Crippen molar-refractivity contribution in [2.24, 2.45) is 0 Å². The van der Waals surface area contributed by atoms with Crippen molar-refractivity contribution in [3.8, 4) is 22.8 Å². The summed E-state index contributed by atoms with van der Waals surface area (Å²) in [4.78, 5) is 39.3. The van der Waals surface area contributed by atoms with E-state index in [-0.39, 0.29) is 24.7 Å². The number of ether oxygens (including phenoxy) is 2. The van der Waals surface area contributed by atoms with Gasteiger partial charge in [0.2, 0.25) is 12.7 Å². The molecule has 0 fully saturated rings. The van der Waals surface area contributed by atoms with E-state index in [2.05, 4.69) is 10.3 Å².